The number of aliphatic hydroxyl groups excluding tert-OH is 2. The lowest BCUT2D eigenvalue weighted by Crippen LogP contribution is -2.37. The highest BCUT2D eigenvalue weighted by atomic mass is 16.4. The van der Waals surface area contributed by atoms with Crippen molar-refractivity contribution in [3.63, 3.8) is 0 Å². The lowest BCUT2D eigenvalue weighted by molar-refractivity contribution is -0.146. The lowest BCUT2D eigenvalue weighted by atomic mass is 9.80. The first kappa shape index (κ1) is 41.8. The zero-order chi connectivity index (χ0) is 38.7. The van der Waals surface area contributed by atoms with E-state index < -0.39 is 23.6 Å². The first-order valence-electron chi connectivity index (χ1n) is 20.9. The predicted octanol–water partition coefficient (Wildman–Crippen LogP) is 7.76. The summed E-state index contributed by atoms with van der Waals surface area (Å²) in [4.78, 5) is 25.8. The Kier molecular flexibility index (Phi) is 15.4. The summed E-state index contributed by atoms with van der Waals surface area (Å²) < 4.78 is 0. The molecule has 9 heteroatoms. The fourth-order valence-electron chi connectivity index (χ4n) is 9.28. The van der Waals surface area contributed by atoms with Crippen LogP contribution >= 0.6 is 0 Å². The van der Waals surface area contributed by atoms with Gasteiger partial charge in [-0.1, -0.05) is 101 Å². The molecule has 0 amide bonds. The van der Waals surface area contributed by atoms with Gasteiger partial charge in [0.25, 0.3) is 0 Å². The van der Waals surface area contributed by atoms with Crippen molar-refractivity contribution >= 4 is 11.8 Å². The maximum atomic E-state index is 12.4. The number of hydrogen-bond donors (Lipinski definition) is 5. The van der Waals surface area contributed by atoms with E-state index in [2.05, 4.69) is 55.0 Å². The van der Waals surface area contributed by atoms with Crippen LogP contribution < -0.4 is 15.7 Å². The van der Waals surface area contributed by atoms with Gasteiger partial charge in [-0.25, -0.2) is 4.98 Å². The molecule has 0 spiro atoms. The Morgan fingerprint density at radius 2 is 1.70 bits per heavy atom. The van der Waals surface area contributed by atoms with Crippen LogP contribution in [0.1, 0.15) is 145 Å². The smallest absolute Gasteiger partial charge is 0.309 e. The molecule has 1 fully saturated rings. The summed E-state index contributed by atoms with van der Waals surface area (Å²) in [6, 6.07) is 8.16. The highest BCUT2D eigenvalue weighted by Crippen LogP contribution is 2.46. The fraction of sp³-hybridized carbons (Fsp3) is 0.644. The summed E-state index contributed by atoms with van der Waals surface area (Å²) >= 11 is 0. The Bertz CT molecular complexity index is 1620. The van der Waals surface area contributed by atoms with Crippen molar-refractivity contribution < 1.29 is 25.2 Å². The molecule has 0 bridgehead atoms. The molecule has 54 heavy (non-hydrogen) atoms. The molecule has 9 atom stereocenters. The number of aryl methyl sites for hydroxylation is 1. The summed E-state index contributed by atoms with van der Waals surface area (Å²) in [7, 11) is 0. The molecule has 9 nitrogen and oxygen atoms in total. The van der Waals surface area contributed by atoms with Crippen molar-refractivity contribution in [1.29, 1.82) is 0 Å². The SMILES string of the molecule is CCCCC[C@@H]1C=C[C@@H](CCCCC[C@H](C(=O)O)[C@H](O)CC[C@]2(O)C[C@H](Cc3ccnc(N)c3)C[C@H]2Cc2cc([C@H](C)c3c[n-]c(CC)c3)c[n-]2)[C@H](O)C1. The normalized spacial score (nSPS) is 25.9. The molecule has 2 aliphatic carbocycles. The van der Waals surface area contributed by atoms with E-state index >= 15 is 0 Å². The van der Waals surface area contributed by atoms with E-state index in [1.54, 1.807) is 6.20 Å². The van der Waals surface area contributed by atoms with Gasteiger partial charge in [-0.3, -0.25) is 4.79 Å². The molecular formula is C45H66N4O5-2. The van der Waals surface area contributed by atoms with Crippen molar-refractivity contribution in [3.8, 4) is 0 Å². The molecule has 1 saturated carbocycles. The number of allylic oxidation sites excluding steroid dienone is 1. The Morgan fingerprint density at radius 1 is 0.963 bits per heavy atom. The predicted molar refractivity (Wildman–Crippen MR) is 214 cm³/mol. The van der Waals surface area contributed by atoms with E-state index in [1.807, 2.05) is 24.5 Å². The third kappa shape index (κ3) is 11.6. The molecule has 6 N–H and O–H groups in total. The van der Waals surface area contributed by atoms with Gasteiger partial charge in [0.05, 0.1) is 23.7 Å². The average molecular weight is 743 g/mol. The number of carboxylic acid groups (broad SMARTS) is 1. The second kappa shape index (κ2) is 20.0. The van der Waals surface area contributed by atoms with Gasteiger partial charge in [0.2, 0.25) is 0 Å². The van der Waals surface area contributed by atoms with Crippen molar-refractivity contribution in [2.75, 3.05) is 5.73 Å². The number of carbonyl (C=O) groups is 1. The molecule has 0 radical (unpaired) electrons. The maximum absolute atomic E-state index is 12.4. The Morgan fingerprint density at radius 3 is 2.39 bits per heavy atom. The number of rotatable bonds is 22. The van der Waals surface area contributed by atoms with Crippen molar-refractivity contribution in [2.24, 2.45) is 29.6 Å². The summed E-state index contributed by atoms with van der Waals surface area (Å²) in [6.45, 7) is 6.48. The number of hydrogen-bond acceptors (Lipinski definition) is 6. The lowest BCUT2D eigenvalue weighted by Gasteiger charge is -2.33. The number of carboxylic acids is 1. The molecule has 3 aromatic heterocycles. The molecule has 2 aliphatic rings. The molecule has 0 aromatic carbocycles. The molecule has 5 rings (SSSR count). The monoisotopic (exact) mass is 743 g/mol. The minimum Gasteiger partial charge on any atom is -0.667 e. The number of aromatic nitrogens is 3. The van der Waals surface area contributed by atoms with Crippen LogP contribution in [0.25, 0.3) is 0 Å². The van der Waals surface area contributed by atoms with Crippen LogP contribution in [0.5, 0.6) is 0 Å². The molecule has 3 heterocycles. The minimum absolute atomic E-state index is 0.0849. The molecule has 298 valence electrons. The topological polar surface area (TPSA) is 165 Å². The fourth-order valence-corrected chi connectivity index (χ4v) is 9.28. The van der Waals surface area contributed by atoms with Crippen molar-refractivity contribution in [1.82, 2.24) is 15.0 Å². The quantitative estimate of drug-likeness (QED) is 0.0511. The summed E-state index contributed by atoms with van der Waals surface area (Å²) in [6.07, 6.45) is 22.3. The molecular weight excluding hydrogens is 677 g/mol. The summed E-state index contributed by atoms with van der Waals surface area (Å²) in [5.74, 6) is -0.470. The highest BCUT2D eigenvalue weighted by molar-refractivity contribution is 5.70. The zero-order valence-electron chi connectivity index (χ0n) is 33.0. The Hall–Kier alpha value is -3.40. The third-order valence-electron chi connectivity index (χ3n) is 12.7. The summed E-state index contributed by atoms with van der Waals surface area (Å²) in [5.41, 5.74) is 10.3. The Labute approximate surface area is 323 Å². The van der Waals surface area contributed by atoms with Crippen molar-refractivity contribution in [2.45, 2.75) is 154 Å². The molecule has 0 unspecified atom stereocenters. The van der Waals surface area contributed by atoms with Crippen LogP contribution in [0, 0.1) is 29.6 Å². The molecule has 3 aromatic rings. The van der Waals surface area contributed by atoms with E-state index in [4.69, 9.17) is 10.7 Å². The molecule has 0 saturated heterocycles. The average Bonchev–Trinajstić information content (AvgIpc) is 3.89. The van der Waals surface area contributed by atoms with Gasteiger partial charge in [0, 0.05) is 18.0 Å². The Balaban J connectivity index is 1.16. The molecule has 0 aliphatic heterocycles. The summed E-state index contributed by atoms with van der Waals surface area (Å²) in [5, 5.41) is 44.5. The van der Waals surface area contributed by atoms with Crippen molar-refractivity contribution in [3.05, 3.63) is 83.1 Å². The highest BCUT2D eigenvalue weighted by Gasteiger charge is 2.45. The van der Waals surface area contributed by atoms with Gasteiger partial charge in [0.15, 0.2) is 0 Å². The minimum atomic E-state index is -1.06. The number of unbranched alkanes of at least 4 members (excludes halogenated alkanes) is 4. The van der Waals surface area contributed by atoms with Crippen LogP contribution in [-0.2, 0) is 24.1 Å². The van der Waals surface area contributed by atoms with E-state index in [0.29, 0.717) is 43.8 Å². The van der Waals surface area contributed by atoms with Gasteiger partial charge >= 0.3 is 5.97 Å². The van der Waals surface area contributed by atoms with Crippen LogP contribution in [0.2, 0.25) is 0 Å². The first-order chi connectivity index (χ1) is 26.0. The van der Waals surface area contributed by atoms with Gasteiger partial charge in [0.1, 0.15) is 5.82 Å². The number of aliphatic carboxylic acids is 1. The number of nitrogen functional groups attached to an aromatic ring is 1. The van der Waals surface area contributed by atoms with Crippen LogP contribution in [-0.4, -0.2) is 49.2 Å². The van der Waals surface area contributed by atoms with E-state index in [9.17, 15) is 25.2 Å². The first-order valence-corrected chi connectivity index (χ1v) is 20.9. The van der Waals surface area contributed by atoms with E-state index in [1.165, 1.54) is 24.8 Å². The number of nitrogens with zero attached hydrogens (tertiary/aromatic N) is 3. The largest absolute Gasteiger partial charge is 0.667 e. The maximum Gasteiger partial charge on any atom is 0.309 e. The van der Waals surface area contributed by atoms with Crippen LogP contribution in [0.3, 0.4) is 0 Å². The van der Waals surface area contributed by atoms with Gasteiger partial charge in [-0.15, -0.1) is 0 Å². The third-order valence-corrected chi connectivity index (χ3v) is 12.7. The second-order valence-electron chi connectivity index (χ2n) is 16.8. The van der Waals surface area contributed by atoms with Gasteiger partial charge in [-0.2, -0.15) is 23.8 Å². The van der Waals surface area contributed by atoms with Crippen LogP contribution in [0.15, 0.2) is 55.0 Å². The standard InChI is InChI=1S/C45H66N4O5/c1-4-6-8-11-31-14-15-34(42(51)22-31)12-9-7-10-13-40(44(52)53)41(50)16-18-45(54)27-33(20-32-17-19-47-43(46)23-32)21-37(45)26-39-25-36(29-49-39)30(3)35-24-38(5-2)48-28-35/h14-15,17,19,23-25,28-31,33-34,37,40-42,50-51,54H,4-13,16,18,20-22,26-27H2,1-3H3,(H2,46,47)(H,52,53)/q-2/t30-,31-,33-,34-,37+,40+,41-,42-,45+/m1/s1. The number of nitrogens with two attached hydrogens (primary N) is 1. The second-order valence-corrected chi connectivity index (χ2v) is 16.8. The zero-order valence-corrected chi connectivity index (χ0v) is 33.0. The van der Waals surface area contributed by atoms with Crippen LogP contribution in [0.4, 0.5) is 5.82 Å². The van der Waals surface area contributed by atoms with E-state index in [-0.39, 0.29) is 36.2 Å². The van der Waals surface area contributed by atoms with E-state index in [0.717, 1.165) is 73.9 Å². The van der Waals surface area contributed by atoms with Gasteiger partial charge in [-0.05, 0) is 99.7 Å². The number of aliphatic hydroxyl groups is 3. The number of anilines is 1. The number of pyridine rings is 1. The van der Waals surface area contributed by atoms with Gasteiger partial charge < -0.3 is 36.1 Å².